The van der Waals surface area contributed by atoms with Gasteiger partial charge in [-0.3, -0.25) is 19.1 Å². The lowest BCUT2D eigenvalue weighted by Gasteiger charge is -2.34. The number of alkyl halides is 3. The fraction of sp³-hybridized carbons (Fsp3) is 0.605. The van der Waals surface area contributed by atoms with Gasteiger partial charge in [0, 0.05) is 29.3 Å². The second-order valence-corrected chi connectivity index (χ2v) is 18.0. The number of sulfonamides is 1. The predicted molar refractivity (Wildman–Crippen MR) is 197 cm³/mol. The summed E-state index contributed by atoms with van der Waals surface area (Å²) in [7, 11) is -2.69. The largest absolute Gasteiger partial charge is 0.494 e. The molecule has 0 radical (unpaired) electrons. The van der Waals surface area contributed by atoms with Crippen LogP contribution in [-0.2, 0) is 29.1 Å². The monoisotopic (exact) mass is 825 g/mol. The molecule has 1 saturated heterocycles. The van der Waals surface area contributed by atoms with E-state index in [1.807, 2.05) is 13.0 Å². The van der Waals surface area contributed by atoms with Crippen molar-refractivity contribution < 1.29 is 59.4 Å². The van der Waals surface area contributed by atoms with E-state index in [9.17, 15) is 40.8 Å². The summed E-state index contributed by atoms with van der Waals surface area (Å²) in [6.45, 7) is 4.61. The molecule has 0 bridgehead atoms. The number of halogens is 4. The van der Waals surface area contributed by atoms with Crippen LogP contribution in [0.5, 0.6) is 11.6 Å². The molecule has 7 atom stereocenters. The molecule has 7 unspecified atom stereocenters. The zero-order valence-corrected chi connectivity index (χ0v) is 33.0. The number of amides is 4. The van der Waals surface area contributed by atoms with E-state index in [0.717, 1.165) is 4.90 Å². The molecule has 2 aliphatic carbocycles. The summed E-state index contributed by atoms with van der Waals surface area (Å²) in [5, 5.41) is 4.74. The number of alkyl carbamates (subject to hydrolysis) is 1. The van der Waals surface area contributed by atoms with Crippen LogP contribution in [0, 0.1) is 23.6 Å². The molecule has 6 rings (SSSR count). The van der Waals surface area contributed by atoms with Gasteiger partial charge in [0.05, 0.1) is 18.9 Å². The van der Waals surface area contributed by atoms with E-state index in [4.69, 9.17) is 14.2 Å². The third-order valence-electron chi connectivity index (χ3n) is 11.2. The number of ether oxygens (including phenoxy) is 3. The molecule has 0 spiro atoms. The summed E-state index contributed by atoms with van der Waals surface area (Å²) in [6.07, 6.45) is -0.402. The molecule has 2 aromatic rings. The number of pyridine rings is 1. The molecule has 4 amide bonds. The van der Waals surface area contributed by atoms with Crippen molar-refractivity contribution >= 4 is 44.6 Å². The number of hydrogen-bond donors (Lipinski definition) is 3. The number of benzene rings is 1. The SMILES string of the molecule is COc1ccc2c(OC3CC4C(=O)NC5(C(=O)NS(=O)(=O)C6CC6)CC5C=CCCC(C)CC(C)C(NC(=O)OC(C)(C)C(F)(F)F)C(=O)N4C3)nccc2c1F. The average Bonchev–Trinajstić information content (AvgIpc) is 4.05. The third kappa shape index (κ3) is 8.77. The maximum Gasteiger partial charge on any atom is 0.427 e. The van der Waals surface area contributed by atoms with E-state index in [0.29, 0.717) is 46.0 Å². The summed E-state index contributed by atoms with van der Waals surface area (Å²) in [4.78, 5) is 61.3. The molecule has 14 nitrogen and oxygen atoms in total. The van der Waals surface area contributed by atoms with Crippen molar-refractivity contribution in [2.45, 2.75) is 113 Å². The Morgan fingerprint density at radius 2 is 1.77 bits per heavy atom. The molecule has 2 aliphatic heterocycles. The van der Waals surface area contributed by atoms with E-state index in [1.54, 1.807) is 13.0 Å². The van der Waals surface area contributed by atoms with Gasteiger partial charge < -0.3 is 29.7 Å². The zero-order valence-electron chi connectivity index (χ0n) is 32.2. The van der Waals surface area contributed by atoms with Crippen LogP contribution in [-0.4, -0.2) is 96.5 Å². The second kappa shape index (κ2) is 15.6. The van der Waals surface area contributed by atoms with Crippen molar-refractivity contribution in [1.82, 2.24) is 25.2 Å². The number of hydrogen-bond acceptors (Lipinski definition) is 10. The van der Waals surface area contributed by atoms with Crippen LogP contribution in [0.1, 0.15) is 72.6 Å². The Morgan fingerprint density at radius 1 is 1.05 bits per heavy atom. The van der Waals surface area contributed by atoms with Crippen molar-refractivity contribution in [2.75, 3.05) is 13.7 Å². The fourth-order valence-corrected chi connectivity index (χ4v) is 8.89. The average molecular weight is 826 g/mol. The Balaban J connectivity index is 1.35. The molecule has 3 N–H and O–H groups in total. The lowest BCUT2D eigenvalue weighted by molar-refractivity contribution is -0.244. The standard InChI is InChI=1S/C38H47F4N5O9S/c1-20-8-6-7-9-22-18-37(22,34(50)46-57(52,53)24-10-11-24)45-31(48)27-17-23(55-32-26-12-13-28(54-5)29(39)25(26)14-15-43-32)19-47(27)33(49)30(21(2)16-20)44-35(51)56-36(3,4)38(40,41)42/h7,9,12-15,20-24,27,30H,6,8,10-11,16-19H2,1-5H3,(H,44,51)(H,45,48)(H,46,50). The van der Waals surface area contributed by atoms with Crippen LogP contribution >= 0.6 is 0 Å². The minimum atomic E-state index is -4.93. The predicted octanol–water partition coefficient (Wildman–Crippen LogP) is 4.66. The molecule has 3 fully saturated rings. The van der Waals surface area contributed by atoms with Crippen molar-refractivity contribution in [3.63, 3.8) is 0 Å². The van der Waals surface area contributed by atoms with Gasteiger partial charge in [-0.2, -0.15) is 13.2 Å². The number of carbonyl (C=O) groups excluding carboxylic acids is 4. The van der Waals surface area contributed by atoms with Gasteiger partial charge in [0.2, 0.25) is 33.3 Å². The first kappa shape index (κ1) is 41.9. The normalized spacial score (nSPS) is 28.6. The summed E-state index contributed by atoms with van der Waals surface area (Å²) in [6, 6.07) is 1.47. The second-order valence-electron chi connectivity index (χ2n) is 16.1. The highest BCUT2D eigenvalue weighted by atomic mass is 32.2. The minimum Gasteiger partial charge on any atom is -0.494 e. The molecule has 3 heterocycles. The van der Waals surface area contributed by atoms with Crippen LogP contribution in [0.25, 0.3) is 10.8 Å². The zero-order chi connectivity index (χ0) is 41.7. The number of aromatic nitrogens is 1. The number of fused-ring (bicyclic) bond motifs is 3. The first-order valence-corrected chi connectivity index (χ1v) is 20.4. The molecular formula is C38H47F4N5O9S. The molecule has 19 heteroatoms. The van der Waals surface area contributed by atoms with Gasteiger partial charge in [-0.05, 0) is 82.4 Å². The molecule has 4 aliphatic rings. The molecular weight excluding hydrogens is 779 g/mol. The van der Waals surface area contributed by atoms with Crippen LogP contribution in [0.3, 0.4) is 0 Å². The topological polar surface area (TPSA) is 182 Å². The number of nitrogens with zero attached hydrogens (tertiary/aromatic N) is 2. The van der Waals surface area contributed by atoms with Gasteiger partial charge in [0.25, 0.3) is 5.91 Å². The Hall–Kier alpha value is -4.68. The van der Waals surface area contributed by atoms with Crippen LogP contribution in [0.2, 0.25) is 0 Å². The van der Waals surface area contributed by atoms with Gasteiger partial charge in [-0.1, -0.05) is 26.0 Å². The highest BCUT2D eigenvalue weighted by Crippen LogP contribution is 2.46. The quantitative estimate of drug-likeness (QED) is 0.250. The number of methoxy groups -OCH3 is 1. The number of rotatable bonds is 8. The number of carbonyl (C=O) groups is 4. The Labute approximate surface area is 327 Å². The van der Waals surface area contributed by atoms with Crippen LogP contribution in [0.4, 0.5) is 22.4 Å². The van der Waals surface area contributed by atoms with Gasteiger partial charge in [-0.25, -0.2) is 22.6 Å². The lowest BCUT2D eigenvalue weighted by atomic mass is 9.88. The van der Waals surface area contributed by atoms with Crippen LogP contribution in [0.15, 0.2) is 36.5 Å². The lowest BCUT2D eigenvalue weighted by Crippen LogP contribution is -2.59. The highest BCUT2D eigenvalue weighted by molar-refractivity contribution is 7.91. The van der Waals surface area contributed by atoms with Gasteiger partial charge in [-0.15, -0.1) is 0 Å². The van der Waals surface area contributed by atoms with E-state index in [1.165, 1.54) is 31.5 Å². The molecule has 312 valence electrons. The van der Waals surface area contributed by atoms with Gasteiger partial charge >= 0.3 is 12.3 Å². The van der Waals surface area contributed by atoms with Gasteiger partial charge in [0.15, 0.2) is 11.6 Å². The molecule has 2 saturated carbocycles. The van der Waals surface area contributed by atoms with E-state index >= 15 is 4.39 Å². The van der Waals surface area contributed by atoms with Gasteiger partial charge in [0.1, 0.15) is 23.7 Å². The van der Waals surface area contributed by atoms with E-state index in [2.05, 4.69) is 20.3 Å². The van der Waals surface area contributed by atoms with Crippen molar-refractivity contribution in [2.24, 2.45) is 17.8 Å². The summed E-state index contributed by atoms with van der Waals surface area (Å²) in [5.74, 6) is -4.62. The molecule has 57 heavy (non-hydrogen) atoms. The van der Waals surface area contributed by atoms with E-state index in [-0.39, 0.29) is 47.7 Å². The summed E-state index contributed by atoms with van der Waals surface area (Å²) < 4.78 is 100. The highest BCUT2D eigenvalue weighted by Gasteiger charge is 2.62. The van der Waals surface area contributed by atoms with Crippen molar-refractivity contribution in [3.8, 4) is 11.6 Å². The number of nitrogens with one attached hydrogen (secondary N) is 3. The smallest absolute Gasteiger partial charge is 0.427 e. The Morgan fingerprint density at radius 3 is 2.44 bits per heavy atom. The van der Waals surface area contributed by atoms with E-state index < -0.39 is 92.2 Å². The molecule has 1 aromatic heterocycles. The van der Waals surface area contributed by atoms with Crippen molar-refractivity contribution in [3.05, 3.63) is 42.4 Å². The summed E-state index contributed by atoms with van der Waals surface area (Å²) >= 11 is 0. The first-order chi connectivity index (χ1) is 26.7. The fourth-order valence-electron chi connectivity index (χ4n) is 7.52. The first-order valence-electron chi connectivity index (χ1n) is 18.9. The molecule has 1 aromatic carbocycles. The number of allylic oxidation sites excluding steroid dienone is 1. The summed E-state index contributed by atoms with van der Waals surface area (Å²) in [5.41, 5.74) is -4.57. The maximum atomic E-state index is 15.2. The maximum absolute atomic E-state index is 15.2. The third-order valence-corrected chi connectivity index (χ3v) is 13.0. The van der Waals surface area contributed by atoms with Crippen molar-refractivity contribution in [1.29, 1.82) is 0 Å². The Kier molecular flexibility index (Phi) is 11.5. The Bertz CT molecular complexity index is 2060. The minimum absolute atomic E-state index is 0.0241. The van der Waals surface area contributed by atoms with Crippen LogP contribution < -0.4 is 24.8 Å².